The first-order valence-corrected chi connectivity index (χ1v) is 9.04. The number of hydrogen-bond donors (Lipinski definition) is 1. The van der Waals surface area contributed by atoms with E-state index >= 15 is 0 Å². The molecule has 1 N–H and O–H groups in total. The maximum absolute atomic E-state index is 5.40. The van der Waals surface area contributed by atoms with E-state index in [1.165, 1.54) is 29.4 Å². The highest BCUT2D eigenvalue weighted by Crippen LogP contribution is 2.49. The summed E-state index contributed by atoms with van der Waals surface area (Å²) in [4.78, 5) is 4.75. The highest BCUT2D eigenvalue weighted by Gasteiger charge is 2.41. The largest absolute Gasteiger partial charge is 0.497 e. The normalized spacial score (nSPS) is 15.2. The van der Waals surface area contributed by atoms with Crippen LogP contribution in [0.2, 0.25) is 0 Å². The zero-order chi connectivity index (χ0) is 18.4. The average molecular weight is 360 g/mol. The van der Waals surface area contributed by atoms with E-state index in [1.54, 1.807) is 7.11 Å². The lowest BCUT2D eigenvalue weighted by atomic mass is 10.1. The number of nitrogens with one attached hydrogen (secondary N) is 1. The number of ether oxygens (including phenoxy) is 1. The van der Waals surface area contributed by atoms with Gasteiger partial charge in [0.25, 0.3) is 0 Å². The van der Waals surface area contributed by atoms with Crippen molar-refractivity contribution >= 4 is 10.9 Å². The Bertz CT molecular complexity index is 1110. The molecule has 1 fully saturated rings. The van der Waals surface area contributed by atoms with Gasteiger partial charge in [-0.2, -0.15) is 0 Å². The Kier molecular flexibility index (Phi) is 3.50. The number of hydrogen-bond acceptors (Lipinski definition) is 5. The van der Waals surface area contributed by atoms with Gasteiger partial charge in [0.1, 0.15) is 11.4 Å². The van der Waals surface area contributed by atoms with Crippen molar-refractivity contribution < 1.29 is 4.74 Å². The van der Waals surface area contributed by atoms with Gasteiger partial charge in [-0.25, -0.2) is 10.1 Å². The number of fused-ring (bicyclic) bond motifs is 1. The minimum Gasteiger partial charge on any atom is -0.497 e. The number of tetrazole rings is 1. The van der Waals surface area contributed by atoms with Crippen LogP contribution in [-0.2, 0) is 12.0 Å². The molecule has 0 unspecified atom stereocenters. The van der Waals surface area contributed by atoms with Crippen molar-refractivity contribution in [2.75, 3.05) is 7.11 Å². The lowest BCUT2D eigenvalue weighted by Crippen LogP contribution is -2.12. The molecule has 0 bridgehead atoms. The molecule has 4 aromatic rings. The molecule has 3 aromatic heterocycles. The summed E-state index contributed by atoms with van der Waals surface area (Å²) in [6, 6.07) is 14.5. The van der Waals surface area contributed by atoms with E-state index in [-0.39, 0.29) is 5.41 Å². The number of aromatic amines is 1. The second kappa shape index (κ2) is 5.90. The van der Waals surface area contributed by atoms with Crippen LogP contribution in [0.4, 0.5) is 0 Å². The highest BCUT2D eigenvalue weighted by molar-refractivity contribution is 5.83. The van der Waals surface area contributed by atoms with E-state index in [0.29, 0.717) is 12.4 Å². The topological polar surface area (TPSA) is 81.5 Å². The lowest BCUT2D eigenvalue weighted by Gasteiger charge is -2.15. The van der Waals surface area contributed by atoms with Gasteiger partial charge in [0.2, 0.25) is 0 Å². The van der Waals surface area contributed by atoms with E-state index in [9.17, 15) is 0 Å². The van der Waals surface area contributed by atoms with Crippen LogP contribution in [0.1, 0.15) is 31.2 Å². The third kappa shape index (κ3) is 2.75. The smallest absolute Gasteiger partial charge is 0.198 e. The van der Waals surface area contributed by atoms with Crippen LogP contribution in [0.3, 0.4) is 0 Å². The number of nitrogens with zero attached hydrogens (tertiary/aromatic N) is 5. The van der Waals surface area contributed by atoms with Gasteiger partial charge >= 0.3 is 0 Å². The molecule has 1 aliphatic rings. The van der Waals surface area contributed by atoms with Gasteiger partial charge < -0.3 is 9.30 Å². The first-order valence-electron chi connectivity index (χ1n) is 9.04. The van der Waals surface area contributed by atoms with Gasteiger partial charge in [0.15, 0.2) is 5.82 Å². The number of benzene rings is 1. The highest BCUT2D eigenvalue weighted by atomic mass is 16.5. The van der Waals surface area contributed by atoms with Crippen molar-refractivity contribution in [3.8, 4) is 17.3 Å². The van der Waals surface area contributed by atoms with Crippen LogP contribution in [0, 0.1) is 0 Å². The van der Waals surface area contributed by atoms with Crippen LogP contribution >= 0.6 is 0 Å². The lowest BCUT2D eigenvalue weighted by molar-refractivity contribution is 0.415. The maximum atomic E-state index is 5.40. The summed E-state index contributed by atoms with van der Waals surface area (Å²) >= 11 is 0. The number of aromatic nitrogens is 6. The summed E-state index contributed by atoms with van der Waals surface area (Å²) in [5.41, 5.74) is 4.53. The summed E-state index contributed by atoms with van der Waals surface area (Å²) in [6.07, 6.45) is 2.44. The molecule has 7 nitrogen and oxygen atoms in total. The fourth-order valence-electron chi connectivity index (χ4n) is 3.62. The summed E-state index contributed by atoms with van der Waals surface area (Å²) in [7, 11) is 1.70. The first-order chi connectivity index (χ1) is 13.2. The van der Waals surface area contributed by atoms with Gasteiger partial charge in [0, 0.05) is 22.0 Å². The molecule has 0 amide bonds. The third-order valence-corrected chi connectivity index (χ3v) is 5.44. The molecule has 1 aliphatic carbocycles. The van der Waals surface area contributed by atoms with Crippen molar-refractivity contribution in [1.29, 1.82) is 0 Å². The Labute approximate surface area is 156 Å². The third-order valence-electron chi connectivity index (χ3n) is 5.44. The molecule has 0 spiro atoms. The minimum atomic E-state index is 0.249. The van der Waals surface area contributed by atoms with Crippen molar-refractivity contribution in [2.45, 2.75) is 31.7 Å². The standard InChI is InChI=1S/C20H20N6O/c1-20(8-9-20)18-11-13-10-15(27-2)6-7-17(13)26(18)12-14-4-3-5-16(21-14)19-22-24-25-23-19/h3-7,10-11H,8-9,12H2,1-2H3,(H,22,23,24,25). The molecule has 1 aromatic carbocycles. The quantitative estimate of drug-likeness (QED) is 0.590. The molecular weight excluding hydrogens is 340 g/mol. The van der Waals surface area contributed by atoms with Gasteiger partial charge in [0.05, 0.1) is 19.3 Å². The van der Waals surface area contributed by atoms with Crippen LogP contribution in [0.25, 0.3) is 22.4 Å². The van der Waals surface area contributed by atoms with Crippen LogP contribution < -0.4 is 4.74 Å². The van der Waals surface area contributed by atoms with Crippen LogP contribution in [-0.4, -0.2) is 37.3 Å². The predicted molar refractivity (Wildman–Crippen MR) is 102 cm³/mol. The summed E-state index contributed by atoms with van der Waals surface area (Å²) in [5.74, 6) is 1.46. The average Bonchev–Trinajstić information content (AvgIpc) is 3.12. The van der Waals surface area contributed by atoms with Gasteiger partial charge in [-0.15, -0.1) is 5.10 Å². The molecule has 3 heterocycles. The van der Waals surface area contributed by atoms with Crippen LogP contribution in [0.15, 0.2) is 42.5 Å². The number of H-pyrrole nitrogens is 1. The van der Waals surface area contributed by atoms with Crippen molar-refractivity contribution in [3.05, 3.63) is 53.9 Å². The van der Waals surface area contributed by atoms with Gasteiger partial charge in [-0.05, 0) is 59.7 Å². The van der Waals surface area contributed by atoms with Gasteiger partial charge in [-0.1, -0.05) is 13.0 Å². The van der Waals surface area contributed by atoms with E-state index < -0.39 is 0 Å². The Morgan fingerprint density at radius 1 is 1.19 bits per heavy atom. The number of rotatable bonds is 5. The first kappa shape index (κ1) is 16.0. The Hall–Kier alpha value is -3.22. The van der Waals surface area contributed by atoms with Crippen LogP contribution in [0.5, 0.6) is 5.75 Å². The monoisotopic (exact) mass is 360 g/mol. The van der Waals surface area contributed by atoms with Crippen molar-refractivity contribution in [2.24, 2.45) is 0 Å². The number of pyridine rings is 1. The molecule has 0 radical (unpaired) electrons. The molecule has 7 heteroatoms. The summed E-state index contributed by atoms with van der Waals surface area (Å²) in [6.45, 7) is 3.04. The fourth-order valence-corrected chi connectivity index (χ4v) is 3.62. The Morgan fingerprint density at radius 2 is 2.07 bits per heavy atom. The molecule has 1 saturated carbocycles. The zero-order valence-electron chi connectivity index (χ0n) is 15.3. The van der Waals surface area contributed by atoms with Crippen molar-refractivity contribution in [1.82, 2.24) is 30.2 Å². The maximum Gasteiger partial charge on any atom is 0.198 e. The van der Waals surface area contributed by atoms with E-state index in [0.717, 1.165) is 17.1 Å². The Morgan fingerprint density at radius 3 is 2.81 bits per heavy atom. The molecule has 0 saturated heterocycles. The zero-order valence-corrected chi connectivity index (χ0v) is 15.3. The predicted octanol–water partition coefficient (Wildman–Crippen LogP) is 3.32. The Balaban J connectivity index is 1.59. The van der Waals surface area contributed by atoms with E-state index in [1.807, 2.05) is 24.3 Å². The fraction of sp³-hybridized carbons (Fsp3) is 0.300. The molecule has 27 heavy (non-hydrogen) atoms. The molecule has 0 atom stereocenters. The molecular formula is C20H20N6O. The molecule has 5 rings (SSSR count). The minimum absolute atomic E-state index is 0.249. The van der Waals surface area contributed by atoms with E-state index in [4.69, 9.17) is 9.72 Å². The second-order valence-electron chi connectivity index (χ2n) is 7.37. The number of methoxy groups -OCH3 is 1. The van der Waals surface area contributed by atoms with E-state index in [2.05, 4.69) is 50.3 Å². The molecule has 0 aliphatic heterocycles. The van der Waals surface area contributed by atoms with Crippen molar-refractivity contribution in [3.63, 3.8) is 0 Å². The van der Waals surface area contributed by atoms with Gasteiger partial charge in [-0.3, -0.25) is 0 Å². The molecule has 136 valence electrons. The summed E-state index contributed by atoms with van der Waals surface area (Å²) < 4.78 is 7.79. The second-order valence-corrected chi connectivity index (χ2v) is 7.37. The SMILES string of the molecule is COc1ccc2c(c1)cc(C1(C)CC1)n2Cc1cccc(-c2nnn[nH]2)n1. The summed E-state index contributed by atoms with van der Waals surface area (Å²) in [5, 5.41) is 15.2.